The molecular weight excluding hydrogens is 138 g/mol. The van der Waals surface area contributed by atoms with Crippen LogP contribution in [0.15, 0.2) is 5.16 Å². The molecule has 2 unspecified atom stereocenters. The van der Waals surface area contributed by atoms with Crippen LogP contribution in [0.4, 0.5) is 0 Å². The van der Waals surface area contributed by atoms with Crippen molar-refractivity contribution in [3.63, 3.8) is 0 Å². The second-order valence-corrected chi connectivity index (χ2v) is 3.76. The highest BCUT2D eigenvalue weighted by atomic mass is 16.6. The highest BCUT2D eigenvalue weighted by Gasteiger charge is 2.27. The molecule has 2 atom stereocenters. The monoisotopic (exact) mass is 155 g/mol. The Balaban J connectivity index is 2.55. The van der Waals surface area contributed by atoms with Gasteiger partial charge in [0.05, 0.1) is 0 Å². The number of oxime groups is 1. The Kier molecular flexibility index (Phi) is 2.53. The molecule has 2 heteroatoms. The molecule has 0 aromatic rings. The van der Waals surface area contributed by atoms with E-state index in [0.717, 1.165) is 6.42 Å². The largest absolute Gasteiger partial charge is 0.393 e. The van der Waals surface area contributed by atoms with Crippen LogP contribution in [0.25, 0.3) is 0 Å². The molecule has 1 rings (SSSR count). The van der Waals surface area contributed by atoms with Crippen LogP contribution in [0.1, 0.15) is 40.0 Å². The lowest BCUT2D eigenvalue weighted by Gasteiger charge is -2.30. The first-order valence-electron chi connectivity index (χ1n) is 4.36. The quantitative estimate of drug-likeness (QED) is 0.600. The Morgan fingerprint density at radius 3 is 3.00 bits per heavy atom. The molecule has 11 heavy (non-hydrogen) atoms. The zero-order valence-corrected chi connectivity index (χ0v) is 7.63. The lowest BCUT2D eigenvalue weighted by Crippen LogP contribution is -2.28. The van der Waals surface area contributed by atoms with E-state index in [9.17, 15) is 0 Å². The first kappa shape index (κ1) is 8.57. The number of nitrogens with zero attached hydrogens (tertiary/aromatic N) is 1. The molecule has 0 fully saturated rings. The SMILES string of the molecule is CCCC1(C)C=NOC(C)C1. The van der Waals surface area contributed by atoms with Gasteiger partial charge in [-0.15, -0.1) is 0 Å². The van der Waals surface area contributed by atoms with Gasteiger partial charge in [0.25, 0.3) is 0 Å². The third-order valence-corrected chi connectivity index (χ3v) is 2.18. The zero-order chi connectivity index (χ0) is 8.32. The molecule has 2 nitrogen and oxygen atoms in total. The molecule has 1 heterocycles. The van der Waals surface area contributed by atoms with Gasteiger partial charge < -0.3 is 4.84 Å². The van der Waals surface area contributed by atoms with Crippen molar-refractivity contribution >= 4 is 6.21 Å². The maximum Gasteiger partial charge on any atom is 0.125 e. The molecule has 64 valence electrons. The molecule has 0 saturated heterocycles. The summed E-state index contributed by atoms with van der Waals surface area (Å²) in [7, 11) is 0. The van der Waals surface area contributed by atoms with Crippen molar-refractivity contribution < 1.29 is 4.84 Å². The van der Waals surface area contributed by atoms with E-state index >= 15 is 0 Å². The van der Waals surface area contributed by atoms with Crippen LogP contribution in [0.2, 0.25) is 0 Å². The summed E-state index contributed by atoms with van der Waals surface area (Å²) >= 11 is 0. The molecule has 0 aromatic heterocycles. The van der Waals surface area contributed by atoms with E-state index in [-0.39, 0.29) is 11.5 Å². The molecule has 0 radical (unpaired) electrons. The summed E-state index contributed by atoms with van der Waals surface area (Å²) in [6.45, 7) is 6.53. The molecule has 0 bridgehead atoms. The lowest BCUT2D eigenvalue weighted by atomic mass is 9.81. The summed E-state index contributed by atoms with van der Waals surface area (Å²) in [4.78, 5) is 5.09. The predicted octanol–water partition coefficient (Wildman–Crippen LogP) is 2.59. The summed E-state index contributed by atoms with van der Waals surface area (Å²) in [5, 5.41) is 3.90. The van der Waals surface area contributed by atoms with E-state index in [1.807, 2.05) is 6.21 Å². The van der Waals surface area contributed by atoms with Gasteiger partial charge in [-0.3, -0.25) is 0 Å². The van der Waals surface area contributed by atoms with Crippen LogP contribution in [-0.4, -0.2) is 12.3 Å². The summed E-state index contributed by atoms with van der Waals surface area (Å²) in [6, 6.07) is 0. The van der Waals surface area contributed by atoms with Crippen LogP contribution in [0, 0.1) is 5.41 Å². The Labute approximate surface area is 68.6 Å². The van der Waals surface area contributed by atoms with E-state index < -0.39 is 0 Å². The van der Waals surface area contributed by atoms with Crippen LogP contribution in [0.5, 0.6) is 0 Å². The van der Waals surface area contributed by atoms with Gasteiger partial charge in [-0.25, -0.2) is 0 Å². The summed E-state index contributed by atoms with van der Waals surface area (Å²) in [6.07, 6.45) is 5.77. The van der Waals surface area contributed by atoms with Gasteiger partial charge in [0, 0.05) is 11.6 Å². The van der Waals surface area contributed by atoms with Crippen LogP contribution in [0.3, 0.4) is 0 Å². The Bertz CT molecular complexity index is 156. The van der Waals surface area contributed by atoms with Crippen molar-refractivity contribution in [2.75, 3.05) is 0 Å². The van der Waals surface area contributed by atoms with Crippen molar-refractivity contribution in [1.29, 1.82) is 0 Å². The fourth-order valence-electron chi connectivity index (χ4n) is 1.75. The lowest BCUT2D eigenvalue weighted by molar-refractivity contribution is 0.0289. The molecule has 0 spiro atoms. The average molecular weight is 155 g/mol. The van der Waals surface area contributed by atoms with E-state index in [0.29, 0.717) is 0 Å². The Morgan fingerprint density at radius 1 is 1.73 bits per heavy atom. The van der Waals surface area contributed by atoms with Crippen LogP contribution >= 0.6 is 0 Å². The number of hydrogen-bond donors (Lipinski definition) is 0. The second-order valence-electron chi connectivity index (χ2n) is 3.76. The van der Waals surface area contributed by atoms with Gasteiger partial charge in [-0.1, -0.05) is 25.4 Å². The summed E-state index contributed by atoms with van der Waals surface area (Å²) in [5.74, 6) is 0. The van der Waals surface area contributed by atoms with Crippen molar-refractivity contribution in [1.82, 2.24) is 0 Å². The van der Waals surface area contributed by atoms with E-state index in [2.05, 4.69) is 25.9 Å². The summed E-state index contributed by atoms with van der Waals surface area (Å²) < 4.78 is 0. The minimum atomic E-state index is 0.284. The highest BCUT2D eigenvalue weighted by Crippen LogP contribution is 2.30. The summed E-state index contributed by atoms with van der Waals surface area (Å²) in [5.41, 5.74) is 0.284. The van der Waals surface area contributed by atoms with Gasteiger partial charge in [0.1, 0.15) is 6.10 Å². The topological polar surface area (TPSA) is 21.6 Å². The minimum Gasteiger partial charge on any atom is -0.393 e. The molecule has 0 aromatic carbocycles. The first-order valence-corrected chi connectivity index (χ1v) is 4.36. The molecule has 0 saturated carbocycles. The predicted molar refractivity (Wildman–Crippen MR) is 46.7 cm³/mol. The average Bonchev–Trinajstić information content (AvgIpc) is 1.86. The number of hydrogen-bond acceptors (Lipinski definition) is 2. The molecular formula is C9H17NO. The maximum absolute atomic E-state index is 5.09. The Morgan fingerprint density at radius 2 is 2.45 bits per heavy atom. The second kappa shape index (κ2) is 3.24. The van der Waals surface area contributed by atoms with Gasteiger partial charge >= 0.3 is 0 Å². The van der Waals surface area contributed by atoms with Crippen molar-refractivity contribution in [3.8, 4) is 0 Å². The van der Waals surface area contributed by atoms with E-state index in [1.165, 1.54) is 12.8 Å². The van der Waals surface area contributed by atoms with Crippen molar-refractivity contribution in [3.05, 3.63) is 0 Å². The van der Waals surface area contributed by atoms with Crippen molar-refractivity contribution in [2.24, 2.45) is 10.6 Å². The Hall–Kier alpha value is -0.530. The normalized spacial score (nSPS) is 36.8. The van der Waals surface area contributed by atoms with Crippen molar-refractivity contribution in [2.45, 2.75) is 46.1 Å². The molecule has 0 amide bonds. The minimum absolute atomic E-state index is 0.284. The first-order chi connectivity index (χ1) is 5.16. The van der Waals surface area contributed by atoms with Crippen LogP contribution < -0.4 is 0 Å². The number of rotatable bonds is 2. The van der Waals surface area contributed by atoms with E-state index in [1.54, 1.807) is 0 Å². The standard InChI is InChI=1S/C9H17NO/c1-4-5-9(3)6-8(2)11-10-7-9/h7-8H,4-6H2,1-3H3. The smallest absolute Gasteiger partial charge is 0.125 e. The third kappa shape index (κ3) is 2.21. The maximum atomic E-state index is 5.09. The molecule has 0 aliphatic carbocycles. The highest BCUT2D eigenvalue weighted by molar-refractivity contribution is 5.65. The fourth-order valence-corrected chi connectivity index (χ4v) is 1.75. The van der Waals surface area contributed by atoms with E-state index in [4.69, 9.17) is 4.84 Å². The zero-order valence-electron chi connectivity index (χ0n) is 7.63. The van der Waals surface area contributed by atoms with Gasteiger partial charge in [0.2, 0.25) is 0 Å². The van der Waals surface area contributed by atoms with Gasteiger partial charge in [0.15, 0.2) is 0 Å². The molecule has 1 aliphatic rings. The molecule has 1 aliphatic heterocycles. The fraction of sp³-hybridized carbons (Fsp3) is 0.889. The molecule has 0 N–H and O–H groups in total. The van der Waals surface area contributed by atoms with Gasteiger partial charge in [-0.05, 0) is 19.8 Å². The van der Waals surface area contributed by atoms with Crippen LogP contribution in [-0.2, 0) is 4.84 Å². The third-order valence-electron chi connectivity index (χ3n) is 2.18. The van der Waals surface area contributed by atoms with Gasteiger partial charge in [-0.2, -0.15) is 0 Å².